The molecule has 18 heavy (non-hydrogen) atoms. The molecule has 0 aliphatic heterocycles. The molecule has 0 fully saturated rings. The van der Waals surface area contributed by atoms with Crippen molar-refractivity contribution in [1.29, 1.82) is 0 Å². The van der Waals surface area contributed by atoms with Crippen molar-refractivity contribution in [3.05, 3.63) is 46.3 Å². The van der Waals surface area contributed by atoms with Crippen LogP contribution < -0.4 is 10.4 Å². The average Bonchev–Trinajstić information content (AvgIpc) is 2.34. The summed E-state index contributed by atoms with van der Waals surface area (Å²) < 4.78 is 10.2. The maximum absolute atomic E-state index is 11.4. The predicted molar refractivity (Wildman–Crippen MR) is 68.8 cm³/mol. The van der Waals surface area contributed by atoms with Gasteiger partial charge < -0.3 is 9.15 Å². The summed E-state index contributed by atoms with van der Waals surface area (Å²) in [5, 5.41) is 0.757. The molecular formula is C14H12O4. The SMILES string of the molecule is COc1ccc2c(/C=C/C(C)=O)cc(=O)oc2c1. The zero-order chi connectivity index (χ0) is 13.1. The van der Waals surface area contributed by atoms with Gasteiger partial charge in [-0.1, -0.05) is 6.08 Å². The summed E-state index contributed by atoms with van der Waals surface area (Å²) in [6, 6.07) is 6.56. The highest BCUT2D eigenvalue weighted by Crippen LogP contribution is 2.23. The Balaban J connectivity index is 2.66. The van der Waals surface area contributed by atoms with Crippen molar-refractivity contribution in [2.24, 2.45) is 0 Å². The first-order valence-electron chi connectivity index (χ1n) is 5.40. The number of carbonyl (C=O) groups is 1. The van der Waals surface area contributed by atoms with Gasteiger partial charge in [0.15, 0.2) is 5.78 Å². The molecule has 0 aliphatic rings. The normalized spacial score (nSPS) is 11.0. The molecular weight excluding hydrogens is 232 g/mol. The molecule has 92 valence electrons. The van der Waals surface area contributed by atoms with Crippen LogP contribution in [0.1, 0.15) is 12.5 Å². The molecule has 0 N–H and O–H groups in total. The molecule has 1 aromatic carbocycles. The van der Waals surface area contributed by atoms with Crippen molar-refractivity contribution in [3.8, 4) is 5.75 Å². The first kappa shape index (κ1) is 12.1. The topological polar surface area (TPSA) is 56.5 Å². The quantitative estimate of drug-likeness (QED) is 0.614. The molecule has 0 amide bonds. The smallest absolute Gasteiger partial charge is 0.336 e. The van der Waals surface area contributed by atoms with E-state index in [1.807, 2.05) is 0 Å². The van der Waals surface area contributed by atoms with Gasteiger partial charge in [0.25, 0.3) is 0 Å². The summed E-state index contributed by atoms with van der Waals surface area (Å²) in [4.78, 5) is 22.4. The first-order valence-corrected chi connectivity index (χ1v) is 5.40. The molecule has 4 heteroatoms. The largest absolute Gasteiger partial charge is 0.497 e. The standard InChI is InChI=1S/C14H12O4/c1-9(15)3-4-10-7-14(16)18-13-8-11(17-2)5-6-12(10)13/h3-8H,1-2H3/b4-3+. The Hall–Kier alpha value is -2.36. The van der Waals surface area contributed by atoms with E-state index in [0.717, 1.165) is 5.39 Å². The van der Waals surface area contributed by atoms with Crippen molar-refractivity contribution < 1.29 is 13.9 Å². The molecule has 0 unspecified atom stereocenters. The highest BCUT2D eigenvalue weighted by molar-refractivity contribution is 5.95. The van der Waals surface area contributed by atoms with Crippen LogP contribution in [-0.2, 0) is 4.79 Å². The van der Waals surface area contributed by atoms with Crippen LogP contribution in [0.3, 0.4) is 0 Å². The Morgan fingerprint density at radius 3 is 2.78 bits per heavy atom. The Bertz CT molecular complexity index is 680. The van der Waals surface area contributed by atoms with Crippen LogP contribution in [0, 0.1) is 0 Å². The van der Waals surface area contributed by atoms with Gasteiger partial charge in [-0.05, 0) is 30.7 Å². The lowest BCUT2D eigenvalue weighted by molar-refractivity contribution is -0.112. The van der Waals surface area contributed by atoms with E-state index >= 15 is 0 Å². The van der Waals surface area contributed by atoms with Gasteiger partial charge >= 0.3 is 5.63 Å². The van der Waals surface area contributed by atoms with E-state index in [9.17, 15) is 9.59 Å². The third kappa shape index (κ3) is 2.48. The minimum atomic E-state index is -0.459. The summed E-state index contributed by atoms with van der Waals surface area (Å²) in [5.41, 5.74) is 0.628. The number of ketones is 1. The minimum absolute atomic E-state index is 0.0788. The number of carbonyl (C=O) groups excluding carboxylic acids is 1. The maximum Gasteiger partial charge on any atom is 0.336 e. The molecule has 0 aliphatic carbocycles. The van der Waals surface area contributed by atoms with Crippen LogP contribution in [0.4, 0.5) is 0 Å². The number of ether oxygens (including phenoxy) is 1. The van der Waals surface area contributed by atoms with Gasteiger partial charge in [0.05, 0.1) is 7.11 Å². The number of benzene rings is 1. The van der Waals surface area contributed by atoms with Crippen LogP contribution in [0.25, 0.3) is 17.0 Å². The average molecular weight is 244 g/mol. The molecule has 1 heterocycles. The fraction of sp³-hybridized carbons (Fsp3) is 0.143. The van der Waals surface area contributed by atoms with Gasteiger partial charge in [0.1, 0.15) is 11.3 Å². The number of hydrogen-bond donors (Lipinski definition) is 0. The minimum Gasteiger partial charge on any atom is -0.497 e. The third-order valence-corrected chi connectivity index (χ3v) is 2.48. The summed E-state index contributed by atoms with van der Waals surface area (Å²) in [6.45, 7) is 1.45. The van der Waals surface area contributed by atoms with Crippen molar-refractivity contribution in [1.82, 2.24) is 0 Å². The summed E-state index contributed by atoms with van der Waals surface area (Å²) in [5.74, 6) is 0.531. The highest BCUT2D eigenvalue weighted by atomic mass is 16.5. The highest BCUT2D eigenvalue weighted by Gasteiger charge is 2.04. The number of allylic oxidation sites excluding steroid dienone is 1. The number of methoxy groups -OCH3 is 1. The molecule has 2 aromatic rings. The second kappa shape index (κ2) is 4.87. The lowest BCUT2D eigenvalue weighted by atomic mass is 10.1. The number of hydrogen-bond acceptors (Lipinski definition) is 4. The van der Waals surface area contributed by atoms with Gasteiger partial charge in [-0.25, -0.2) is 4.79 Å². The lowest BCUT2D eigenvalue weighted by Crippen LogP contribution is -1.98. The molecule has 0 bridgehead atoms. The van der Waals surface area contributed by atoms with Crippen LogP contribution in [0.2, 0.25) is 0 Å². The van der Waals surface area contributed by atoms with E-state index in [0.29, 0.717) is 16.9 Å². The van der Waals surface area contributed by atoms with Crippen molar-refractivity contribution in [2.75, 3.05) is 7.11 Å². The molecule has 0 saturated carbocycles. The van der Waals surface area contributed by atoms with Gasteiger partial charge in [-0.2, -0.15) is 0 Å². The van der Waals surface area contributed by atoms with Gasteiger partial charge in [0.2, 0.25) is 0 Å². The van der Waals surface area contributed by atoms with E-state index in [1.165, 1.54) is 19.1 Å². The van der Waals surface area contributed by atoms with Gasteiger partial charge in [0, 0.05) is 17.5 Å². The molecule has 4 nitrogen and oxygen atoms in total. The lowest BCUT2D eigenvalue weighted by Gasteiger charge is -2.03. The number of fused-ring (bicyclic) bond motifs is 1. The van der Waals surface area contributed by atoms with Crippen molar-refractivity contribution in [3.63, 3.8) is 0 Å². The molecule has 0 radical (unpaired) electrons. The van der Waals surface area contributed by atoms with E-state index in [1.54, 1.807) is 31.4 Å². The second-order valence-corrected chi connectivity index (χ2v) is 3.83. The van der Waals surface area contributed by atoms with Crippen LogP contribution in [-0.4, -0.2) is 12.9 Å². The Kier molecular flexibility index (Phi) is 3.28. The van der Waals surface area contributed by atoms with Crippen molar-refractivity contribution in [2.45, 2.75) is 6.92 Å². The Morgan fingerprint density at radius 2 is 2.11 bits per heavy atom. The molecule has 2 rings (SSSR count). The zero-order valence-corrected chi connectivity index (χ0v) is 10.1. The van der Waals surface area contributed by atoms with Gasteiger partial charge in [-0.15, -0.1) is 0 Å². The fourth-order valence-electron chi connectivity index (χ4n) is 1.64. The molecule has 0 saturated heterocycles. The molecule has 0 atom stereocenters. The van der Waals surface area contributed by atoms with E-state index in [-0.39, 0.29) is 5.78 Å². The first-order chi connectivity index (χ1) is 8.60. The van der Waals surface area contributed by atoms with E-state index < -0.39 is 5.63 Å². The zero-order valence-electron chi connectivity index (χ0n) is 10.1. The van der Waals surface area contributed by atoms with Crippen LogP contribution >= 0.6 is 0 Å². The van der Waals surface area contributed by atoms with E-state index in [2.05, 4.69) is 0 Å². The monoisotopic (exact) mass is 244 g/mol. The van der Waals surface area contributed by atoms with E-state index in [4.69, 9.17) is 9.15 Å². The number of rotatable bonds is 3. The fourth-order valence-corrected chi connectivity index (χ4v) is 1.64. The Labute approximate surface area is 103 Å². The maximum atomic E-state index is 11.4. The van der Waals surface area contributed by atoms with Crippen LogP contribution in [0.15, 0.2) is 39.6 Å². The van der Waals surface area contributed by atoms with Gasteiger partial charge in [-0.3, -0.25) is 4.79 Å². The summed E-state index contributed by atoms with van der Waals surface area (Å²) in [7, 11) is 1.54. The van der Waals surface area contributed by atoms with Crippen molar-refractivity contribution >= 4 is 22.8 Å². The molecule has 0 spiro atoms. The Morgan fingerprint density at radius 1 is 1.33 bits per heavy atom. The summed E-state index contributed by atoms with van der Waals surface area (Å²) >= 11 is 0. The van der Waals surface area contributed by atoms with Crippen LogP contribution in [0.5, 0.6) is 5.75 Å². The third-order valence-electron chi connectivity index (χ3n) is 2.48. The molecule has 1 aromatic heterocycles. The predicted octanol–water partition coefficient (Wildman–Crippen LogP) is 2.40. The second-order valence-electron chi connectivity index (χ2n) is 3.83. The summed E-state index contributed by atoms with van der Waals surface area (Å²) in [6.07, 6.45) is 3.02.